The van der Waals surface area contributed by atoms with E-state index < -0.39 is 16.0 Å². The molecular weight excluding hydrogens is 368 g/mol. The minimum Gasteiger partial charge on any atom is -0.452 e. The largest absolute Gasteiger partial charge is 0.452 e. The molecule has 0 atom stereocenters. The van der Waals surface area contributed by atoms with Crippen molar-refractivity contribution >= 4 is 28.0 Å². The SMILES string of the molecule is CCNC(=O)COC(=O)/C=C/c1ccc(S(=O)(=O)N2CCCCCC2)cc1. The van der Waals surface area contributed by atoms with Gasteiger partial charge in [-0.1, -0.05) is 25.0 Å². The molecule has 27 heavy (non-hydrogen) atoms. The number of hydrogen-bond donors (Lipinski definition) is 1. The first-order valence-corrected chi connectivity index (χ1v) is 10.6. The summed E-state index contributed by atoms with van der Waals surface area (Å²) in [5.74, 6) is -0.996. The number of nitrogens with one attached hydrogen (secondary N) is 1. The molecule has 1 saturated heterocycles. The second-order valence-corrected chi connectivity index (χ2v) is 8.22. The normalized spacial score (nSPS) is 16.0. The summed E-state index contributed by atoms with van der Waals surface area (Å²) in [6.07, 6.45) is 6.62. The maximum Gasteiger partial charge on any atom is 0.331 e. The van der Waals surface area contributed by atoms with E-state index in [1.54, 1.807) is 35.5 Å². The molecule has 7 nitrogen and oxygen atoms in total. The van der Waals surface area contributed by atoms with Crippen molar-refractivity contribution in [2.24, 2.45) is 0 Å². The Morgan fingerprint density at radius 1 is 1.11 bits per heavy atom. The van der Waals surface area contributed by atoms with Crippen LogP contribution in [0.1, 0.15) is 38.2 Å². The van der Waals surface area contributed by atoms with Gasteiger partial charge in [0.2, 0.25) is 10.0 Å². The topological polar surface area (TPSA) is 92.8 Å². The van der Waals surface area contributed by atoms with Crippen molar-refractivity contribution in [3.63, 3.8) is 0 Å². The van der Waals surface area contributed by atoms with E-state index in [0.29, 0.717) is 25.2 Å². The molecule has 0 radical (unpaired) electrons. The summed E-state index contributed by atoms with van der Waals surface area (Å²) in [6.45, 7) is 3.03. The average molecular weight is 394 g/mol. The van der Waals surface area contributed by atoms with Crippen LogP contribution in [0, 0.1) is 0 Å². The second kappa shape index (κ2) is 10.2. The number of carbonyl (C=O) groups excluding carboxylic acids is 2. The molecule has 148 valence electrons. The molecule has 1 N–H and O–H groups in total. The number of esters is 1. The molecule has 8 heteroatoms. The van der Waals surface area contributed by atoms with Gasteiger partial charge in [0.15, 0.2) is 6.61 Å². The van der Waals surface area contributed by atoms with Crippen LogP contribution in [0.2, 0.25) is 0 Å². The summed E-state index contributed by atoms with van der Waals surface area (Å²) >= 11 is 0. The summed E-state index contributed by atoms with van der Waals surface area (Å²) in [4.78, 5) is 23.1. The van der Waals surface area contributed by atoms with Crippen molar-refractivity contribution in [3.8, 4) is 0 Å². The molecule has 2 rings (SSSR count). The predicted molar refractivity (Wildman–Crippen MR) is 102 cm³/mol. The zero-order valence-corrected chi connectivity index (χ0v) is 16.3. The summed E-state index contributed by atoms with van der Waals surface area (Å²) in [5, 5.41) is 2.52. The molecule has 1 amide bonds. The van der Waals surface area contributed by atoms with E-state index in [0.717, 1.165) is 25.7 Å². The standard InChI is InChI=1S/C19H26N2O5S/c1-2-20-18(22)15-26-19(23)12-9-16-7-10-17(11-8-16)27(24,25)21-13-5-3-4-6-14-21/h7-12H,2-6,13-15H2,1H3,(H,20,22)/b12-9+. The van der Waals surface area contributed by atoms with Crippen molar-refractivity contribution in [3.05, 3.63) is 35.9 Å². The van der Waals surface area contributed by atoms with Crippen molar-refractivity contribution in [1.82, 2.24) is 9.62 Å². The zero-order chi connectivity index (χ0) is 19.7. The number of amides is 1. The molecule has 1 aromatic carbocycles. The van der Waals surface area contributed by atoms with Gasteiger partial charge in [-0.15, -0.1) is 0 Å². The van der Waals surface area contributed by atoms with Crippen LogP contribution in [0.25, 0.3) is 6.08 Å². The molecule has 1 heterocycles. The summed E-state index contributed by atoms with van der Waals surface area (Å²) in [6, 6.07) is 6.36. The number of likely N-dealkylation sites (N-methyl/N-ethyl adjacent to an activating group) is 1. The molecule has 0 aliphatic carbocycles. The zero-order valence-electron chi connectivity index (χ0n) is 15.5. The van der Waals surface area contributed by atoms with Crippen LogP contribution < -0.4 is 5.32 Å². The van der Waals surface area contributed by atoms with E-state index in [1.165, 1.54) is 12.2 Å². The molecular formula is C19H26N2O5S. The van der Waals surface area contributed by atoms with Gasteiger partial charge in [-0.25, -0.2) is 13.2 Å². The van der Waals surface area contributed by atoms with Crippen LogP contribution in [0.3, 0.4) is 0 Å². The smallest absolute Gasteiger partial charge is 0.331 e. The van der Waals surface area contributed by atoms with Crippen molar-refractivity contribution in [1.29, 1.82) is 0 Å². The third-order valence-electron chi connectivity index (χ3n) is 4.21. The first kappa shape index (κ1) is 21.1. The Morgan fingerprint density at radius 2 is 1.74 bits per heavy atom. The Bertz CT molecular complexity index is 764. The highest BCUT2D eigenvalue weighted by molar-refractivity contribution is 7.89. The van der Waals surface area contributed by atoms with Crippen molar-refractivity contribution in [2.75, 3.05) is 26.2 Å². The van der Waals surface area contributed by atoms with Crippen LogP contribution in [-0.2, 0) is 24.3 Å². The Kier molecular flexibility index (Phi) is 7.99. The number of ether oxygens (including phenoxy) is 1. The van der Waals surface area contributed by atoms with Crippen LogP contribution in [0.5, 0.6) is 0 Å². The predicted octanol–water partition coefficient (Wildman–Crippen LogP) is 1.94. The van der Waals surface area contributed by atoms with Gasteiger partial charge in [0.05, 0.1) is 4.90 Å². The lowest BCUT2D eigenvalue weighted by molar-refractivity contribution is -0.143. The van der Waals surface area contributed by atoms with E-state index >= 15 is 0 Å². The fraction of sp³-hybridized carbons (Fsp3) is 0.474. The Labute approximate surface area is 160 Å². The van der Waals surface area contributed by atoms with Gasteiger partial charge in [0.25, 0.3) is 5.91 Å². The van der Waals surface area contributed by atoms with Crippen LogP contribution in [0.4, 0.5) is 0 Å². The minimum absolute atomic E-state index is 0.250. The molecule has 0 unspecified atom stereocenters. The number of carbonyl (C=O) groups is 2. The highest BCUT2D eigenvalue weighted by atomic mass is 32.2. The van der Waals surface area contributed by atoms with Gasteiger partial charge < -0.3 is 10.1 Å². The van der Waals surface area contributed by atoms with Gasteiger partial charge in [-0.3, -0.25) is 4.79 Å². The maximum absolute atomic E-state index is 12.7. The highest BCUT2D eigenvalue weighted by Crippen LogP contribution is 2.20. The summed E-state index contributed by atoms with van der Waals surface area (Å²) in [7, 11) is -3.48. The quantitative estimate of drug-likeness (QED) is 0.564. The van der Waals surface area contributed by atoms with E-state index in [2.05, 4.69) is 5.32 Å². The van der Waals surface area contributed by atoms with Crippen LogP contribution in [0.15, 0.2) is 35.2 Å². The lowest BCUT2D eigenvalue weighted by Gasteiger charge is -2.19. The molecule has 0 bridgehead atoms. The Morgan fingerprint density at radius 3 is 2.33 bits per heavy atom. The number of sulfonamides is 1. The molecule has 1 aromatic rings. The van der Waals surface area contributed by atoms with E-state index in [4.69, 9.17) is 4.74 Å². The molecule has 0 aromatic heterocycles. The van der Waals surface area contributed by atoms with Crippen molar-refractivity contribution in [2.45, 2.75) is 37.5 Å². The lowest BCUT2D eigenvalue weighted by Crippen LogP contribution is -2.31. The number of rotatable bonds is 7. The number of benzene rings is 1. The molecule has 1 fully saturated rings. The first-order chi connectivity index (χ1) is 12.9. The molecule has 0 spiro atoms. The second-order valence-electron chi connectivity index (χ2n) is 6.28. The Hall–Kier alpha value is -2.19. The van der Waals surface area contributed by atoms with Gasteiger partial charge in [-0.2, -0.15) is 4.31 Å². The fourth-order valence-electron chi connectivity index (χ4n) is 2.78. The highest BCUT2D eigenvalue weighted by Gasteiger charge is 2.24. The minimum atomic E-state index is -3.48. The van der Waals surface area contributed by atoms with E-state index in [-0.39, 0.29) is 17.4 Å². The Balaban J connectivity index is 1.96. The van der Waals surface area contributed by atoms with E-state index in [1.807, 2.05) is 0 Å². The third kappa shape index (κ3) is 6.48. The van der Waals surface area contributed by atoms with E-state index in [9.17, 15) is 18.0 Å². The fourth-order valence-corrected chi connectivity index (χ4v) is 4.30. The third-order valence-corrected chi connectivity index (χ3v) is 6.13. The van der Waals surface area contributed by atoms with Crippen LogP contribution in [-0.4, -0.2) is 50.8 Å². The number of hydrogen-bond acceptors (Lipinski definition) is 5. The van der Waals surface area contributed by atoms with Gasteiger partial charge in [0.1, 0.15) is 0 Å². The maximum atomic E-state index is 12.7. The molecule has 1 aliphatic rings. The van der Waals surface area contributed by atoms with Gasteiger partial charge in [0, 0.05) is 25.7 Å². The lowest BCUT2D eigenvalue weighted by atomic mass is 10.2. The average Bonchev–Trinajstić information content (AvgIpc) is 2.95. The molecule has 1 aliphatic heterocycles. The van der Waals surface area contributed by atoms with Crippen molar-refractivity contribution < 1.29 is 22.7 Å². The summed E-state index contributed by atoms with van der Waals surface area (Å²) in [5.41, 5.74) is 0.666. The molecule has 0 saturated carbocycles. The van der Waals surface area contributed by atoms with Gasteiger partial charge in [-0.05, 0) is 43.5 Å². The monoisotopic (exact) mass is 394 g/mol. The van der Waals surface area contributed by atoms with Gasteiger partial charge >= 0.3 is 5.97 Å². The number of nitrogens with zero attached hydrogens (tertiary/aromatic N) is 1. The first-order valence-electron chi connectivity index (χ1n) is 9.15. The summed E-state index contributed by atoms with van der Waals surface area (Å²) < 4.78 is 31.8. The van der Waals surface area contributed by atoms with Crippen LogP contribution >= 0.6 is 0 Å².